The highest BCUT2D eigenvalue weighted by atomic mass is 32.2. The molecule has 16 atom stereocenters. The Morgan fingerprint density at radius 2 is 0.880 bits per heavy atom. The van der Waals surface area contributed by atoms with E-state index in [9.17, 15) is 0 Å². The molecule has 16 unspecified atom stereocenters. The highest BCUT2D eigenvalue weighted by molar-refractivity contribution is 8.00. The SMILES string of the molecule is C1CCC(C2CCC(N(C3CCCC4C5CCC6CCCCC6C5OC43)C3CCCC4C5CCC6SC7CCCCC7C6C5OC43)CC2)CC1. The van der Waals surface area contributed by atoms with Crippen molar-refractivity contribution < 1.29 is 9.47 Å². The first-order valence-corrected chi connectivity index (χ1v) is 24.5. The Hall–Kier alpha value is 0.230. The standard InChI is InChI=1S/C46H73NO2S/c1-2-10-28(11-3-1)29-20-23-31(24-21-29)47(38-17-8-15-33-35-25-22-30-12-4-5-13-32(30)43(35)48-44(33)38)39-18-9-16-34-36-26-27-41-42(46(36)49-45(34)39)37-14-6-7-19-40(37)50-41/h28-46H,1-27H2. The molecule has 11 fully saturated rings. The molecule has 8 aliphatic carbocycles. The zero-order valence-electron chi connectivity index (χ0n) is 31.7. The van der Waals surface area contributed by atoms with E-state index in [-0.39, 0.29) is 0 Å². The van der Waals surface area contributed by atoms with Crippen LogP contribution in [-0.4, -0.2) is 57.9 Å². The highest BCUT2D eigenvalue weighted by Crippen LogP contribution is 2.62. The molecule has 3 aliphatic heterocycles. The molecule has 11 rings (SSSR count). The second-order valence-corrected chi connectivity index (χ2v) is 22.3. The summed E-state index contributed by atoms with van der Waals surface area (Å²) in [7, 11) is 0. The lowest BCUT2D eigenvalue weighted by atomic mass is 9.62. The van der Waals surface area contributed by atoms with Gasteiger partial charge in [-0.1, -0.05) is 77.0 Å². The maximum absolute atomic E-state index is 7.80. The summed E-state index contributed by atoms with van der Waals surface area (Å²) in [6, 6.07) is 2.09. The second-order valence-electron chi connectivity index (χ2n) is 20.8. The van der Waals surface area contributed by atoms with Gasteiger partial charge in [0.15, 0.2) is 0 Å². The third-order valence-corrected chi connectivity index (χ3v) is 20.8. The van der Waals surface area contributed by atoms with Crippen LogP contribution in [0.1, 0.15) is 173 Å². The molecule has 4 heteroatoms. The van der Waals surface area contributed by atoms with Crippen LogP contribution in [0.2, 0.25) is 0 Å². The Balaban J connectivity index is 0.893. The Labute approximate surface area is 310 Å². The van der Waals surface area contributed by atoms with Gasteiger partial charge >= 0.3 is 0 Å². The van der Waals surface area contributed by atoms with Crippen LogP contribution in [0, 0.1) is 59.2 Å². The van der Waals surface area contributed by atoms with Gasteiger partial charge < -0.3 is 9.47 Å². The van der Waals surface area contributed by atoms with Gasteiger partial charge in [-0.2, -0.15) is 11.8 Å². The Bertz CT molecular complexity index is 1180. The van der Waals surface area contributed by atoms with E-state index >= 15 is 0 Å². The lowest BCUT2D eigenvalue weighted by Crippen LogP contribution is -2.61. The monoisotopic (exact) mass is 704 g/mol. The summed E-state index contributed by atoms with van der Waals surface area (Å²) in [5, 5.41) is 1.87. The van der Waals surface area contributed by atoms with Crippen molar-refractivity contribution in [2.45, 2.75) is 226 Å². The zero-order valence-corrected chi connectivity index (χ0v) is 32.5. The van der Waals surface area contributed by atoms with Crippen LogP contribution in [0.25, 0.3) is 0 Å². The van der Waals surface area contributed by atoms with Gasteiger partial charge in [-0.3, -0.25) is 4.90 Å². The maximum atomic E-state index is 7.80. The molecule has 0 aromatic carbocycles. The van der Waals surface area contributed by atoms with Gasteiger partial charge in [0.05, 0.1) is 24.4 Å². The van der Waals surface area contributed by atoms with Crippen molar-refractivity contribution in [3.8, 4) is 0 Å². The fourth-order valence-electron chi connectivity index (χ4n) is 17.0. The van der Waals surface area contributed by atoms with E-state index in [1.165, 1.54) is 173 Å². The van der Waals surface area contributed by atoms with Crippen LogP contribution < -0.4 is 0 Å². The molecule has 0 spiro atoms. The van der Waals surface area contributed by atoms with Crippen molar-refractivity contribution in [2.24, 2.45) is 59.2 Å². The molecule has 3 saturated heterocycles. The minimum Gasteiger partial charge on any atom is -0.372 e. The minimum absolute atomic E-state index is 0.507. The van der Waals surface area contributed by atoms with Crippen molar-refractivity contribution in [3.63, 3.8) is 0 Å². The number of nitrogens with zero attached hydrogens (tertiary/aromatic N) is 1. The Morgan fingerprint density at radius 3 is 1.66 bits per heavy atom. The fourth-order valence-corrected chi connectivity index (χ4v) is 19.1. The van der Waals surface area contributed by atoms with Crippen molar-refractivity contribution in [2.75, 3.05) is 0 Å². The second kappa shape index (κ2) is 14.1. The molecule has 3 nitrogen and oxygen atoms in total. The number of hydrogen-bond acceptors (Lipinski definition) is 4. The first-order chi connectivity index (χ1) is 24.8. The third-order valence-electron chi connectivity index (χ3n) is 18.9. The lowest BCUT2D eigenvalue weighted by molar-refractivity contribution is -0.131. The van der Waals surface area contributed by atoms with Crippen LogP contribution in [0.5, 0.6) is 0 Å². The van der Waals surface area contributed by atoms with E-state index in [1.807, 2.05) is 0 Å². The Kier molecular flexibility index (Phi) is 9.44. The van der Waals surface area contributed by atoms with E-state index in [4.69, 9.17) is 9.47 Å². The summed E-state index contributed by atoms with van der Waals surface area (Å²) in [6.45, 7) is 0. The van der Waals surface area contributed by atoms with Gasteiger partial charge in [0, 0.05) is 34.5 Å². The van der Waals surface area contributed by atoms with Gasteiger partial charge in [-0.05, 0) is 150 Å². The topological polar surface area (TPSA) is 21.7 Å². The number of hydrogen-bond donors (Lipinski definition) is 0. The molecule has 11 aliphatic rings. The number of fused-ring (bicyclic) bond motifs is 12. The summed E-state index contributed by atoms with van der Waals surface area (Å²) >= 11 is 2.45. The van der Waals surface area contributed by atoms with Crippen LogP contribution in [-0.2, 0) is 9.47 Å². The first kappa shape index (κ1) is 33.6. The predicted molar refractivity (Wildman–Crippen MR) is 205 cm³/mol. The normalized spacial score (nSPS) is 54.9. The average molecular weight is 704 g/mol. The van der Waals surface area contributed by atoms with E-state index < -0.39 is 0 Å². The molecule has 0 aromatic rings. The molecule has 0 aromatic heterocycles. The maximum Gasteiger partial charge on any atom is 0.0766 e. The third kappa shape index (κ3) is 5.63. The zero-order chi connectivity index (χ0) is 32.8. The summed E-state index contributed by atoms with van der Waals surface area (Å²) < 4.78 is 15.5. The molecule has 280 valence electrons. The number of thioether (sulfide) groups is 1. The van der Waals surface area contributed by atoms with Crippen LogP contribution in [0.3, 0.4) is 0 Å². The smallest absolute Gasteiger partial charge is 0.0766 e. The lowest BCUT2D eigenvalue weighted by Gasteiger charge is -2.53. The summed E-state index contributed by atoms with van der Waals surface area (Å²) in [4.78, 5) is 3.32. The molecule has 0 bridgehead atoms. The van der Waals surface area contributed by atoms with E-state index in [1.54, 1.807) is 0 Å². The molecule has 0 radical (unpaired) electrons. The Morgan fingerprint density at radius 1 is 0.340 bits per heavy atom. The van der Waals surface area contributed by atoms with Gasteiger partial charge in [-0.25, -0.2) is 0 Å². The van der Waals surface area contributed by atoms with Crippen LogP contribution >= 0.6 is 11.8 Å². The molecule has 50 heavy (non-hydrogen) atoms. The molecular weight excluding hydrogens is 631 g/mol. The number of ether oxygens (including phenoxy) is 2. The molecule has 0 amide bonds. The minimum atomic E-state index is 0.507. The quantitative estimate of drug-likeness (QED) is 0.291. The van der Waals surface area contributed by atoms with Crippen molar-refractivity contribution >= 4 is 11.8 Å². The molecule has 0 N–H and O–H groups in total. The van der Waals surface area contributed by atoms with E-state index in [2.05, 4.69) is 16.7 Å². The van der Waals surface area contributed by atoms with Gasteiger partial charge in [-0.15, -0.1) is 0 Å². The summed E-state index contributed by atoms with van der Waals surface area (Å²) in [5.74, 6) is 9.18. The van der Waals surface area contributed by atoms with Crippen LogP contribution in [0.4, 0.5) is 0 Å². The van der Waals surface area contributed by atoms with E-state index in [0.717, 1.165) is 75.7 Å². The fraction of sp³-hybridized carbons (Fsp3) is 1.00. The van der Waals surface area contributed by atoms with Crippen molar-refractivity contribution in [3.05, 3.63) is 0 Å². The highest BCUT2D eigenvalue weighted by Gasteiger charge is 2.62. The van der Waals surface area contributed by atoms with Crippen LogP contribution in [0.15, 0.2) is 0 Å². The number of rotatable bonds is 4. The predicted octanol–water partition coefficient (Wildman–Crippen LogP) is 11.2. The first-order valence-electron chi connectivity index (χ1n) is 23.5. The summed E-state index contributed by atoms with van der Waals surface area (Å²) in [5.41, 5.74) is 0. The van der Waals surface area contributed by atoms with E-state index in [0.29, 0.717) is 36.5 Å². The summed E-state index contributed by atoms with van der Waals surface area (Å²) in [6.07, 6.45) is 42.3. The van der Waals surface area contributed by atoms with Gasteiger partial charge in [0.25, 0.3) is 0 Å². The largest absolute Gasteiger partial charge is 0.372 e. The molecular formula is C46H73NO2S. The molecule has 3 heterocycles. The average Bonchev–Trinajstić information content (AvgIpc) is 3.88. The van der Waals surface area contributed by atoms with Gasteiger partial charge in [0.2, 0.25) is 0 Å². The van der Waals surface area contributed by atoms with Gasteiger partial charge in [0.1, 0.15) is 0 Å². The molecule has 8 saturated carbocycles. The van der Waals surface area contributed by atoms with Crippen molar-refractivity contribution in [1.82, 2.24) is 4.90 Å². The van der Waals surface area contributed by atoms with Crippen molar-refractivity contribution in [1.29, 1.82) is 0 Å².